The highest BCUT2D eigenvalue weighted by Crippen LogP contribution is 2.23. The first-order valence-electron chi connectivity index (χ1n) is 6.29. The van der Waals surface area contributed by atoms with Crippen LogP contribution >= 0.6 is 22.9 Å². The molecule has 5 heteroatoms. The maximum absolute atomic E-state index is 11.9. The van der Waals surface area contributed by atoms with E-state index in [1.807, 2.05) is 23.6 Å². The summed E-state index contributed by atoms with van der Waals surface area (Å²) in [6.45, 7) is 0.682. The van der Waals surface area contributed by atoms with E-state index in [0.717, 1.165) is 12.0 Å². The molecule has 0 bridgehead atoms. The molecule has 1 N–H and O–H groups in total. The van der Waals surface area contributed by atoms with Gasteiger partial charge in [0.05, 0.1) is 7.11 Å². The molecule has 0 aliphatic rings. The lowest BCUT2D eigenvalue weighted by atomic mass is 10.1. The average molecular weight is 310 g/mol. The minimum Gasteiger partial charge on any atom is -0.468 e. The van der Waals surface area contributed by atoms with Crippen molar-refractivity contribution >= 4 is 28.9 Å². The standard InChI is InChI=1S/C15H16ClNO2S/c1-19-15(18)14(12-4-2-3-5-13(12)16)17-8-6-11-7-9-20-10-11/h2-5,7,9-10,14,17H,6,8H2,1H3. The molecular weight excluding hydrogens is 294 g/mol. The Bertz CT molecular complexity index is 557. The fraction of sp³-hybridized carbons (Fsp3) is 0.267. The van der Waals surface area contributed by atoms with Crippen molar-refractivity contribution in [1.82, 2.24) is 5.32 Å². The van der Waals surface area contributed by atoms with Crippen LogP contribution < -0.4 is 5.32 Å². The number of halogens is 1. The normalized spacial score (nSPS) is 12.1. The summed E-state index contributed by atoms with van der Waals surface area (Å²) in [5, 5.41) is 7.92. The van der Waals surface area contributed by atoms with Gasteiger partial charge in [0.1, 0.15) is 6.04 Å². The summed E-state index contributed by atoms with van der Waals surface area (Å²) >= 11 is 7.82. The van der Waals surface area contributed by atoms with Gasteiger partial charge in [-0.25, -0.2) is 4.79 Å². The highest BCUT2D eigenvalue weighted by Gasteiger charge is 2.22. The first kappa shape index (κ1) is 15.0. The molecule has 0 amide bonds. The molecule has 3 nitrogen and oxygen atoms in total. The Kier molecular flexibility index (Phi) is 5.59. The van der Waals surface area contributed by atoms with Crippen LogP contribution in [0.25, 0.3) is 0 Å². The molecule has 0 radical (unpaired) electrons. The van der Waals surface area contributed by atoms with E-state index in [1.54, 1.807) is 17.4 Å². The van der Waals surface area contributed by atoms with Crippen LogP contribution in [0.2, 0.25) is 5.02 Å². The van der Waals surface area contributed by atoms with Crippen molar-refractivity contribution in [3.05, 3.63) is 57.2 Å². The number of carbonyl (C=O) groups excluding carboxylic acids is 1. The van der Waals surface area contributed by atoms with E-state index >= 15 is 0 Å². The number of thiophene rings is 1. The number of benzene rings is 1. The monoisotopic (exact) mass is 309 g/mol. The number of hydrogen-bond acceptors (Lipinski definition) is 4. The molecule has 2 aromatic rings. The highest BCUT2D eigenvalue weighted by molar-refractivity contribution is 7.07. The molecule has 1 aromatic carbocycles. The summed E-state index contributed by atoms with van der Waals surface area (Å²) in [7, 11) is 1.38. The molecule has 0 saturated heterocycles. The second-order valence-electron chi connectivity index (χ2n) is 4.31. The van der Waals surface area contributed by atoms with Gasteiger partial charge in [0, 0.05) is 11.6 Å². The molecule has 1 unspecified atom stereocenters. The minimum atomic E-state index is -0.535. The minimum absolute atomic E-state index is 0.330. The molecule has 1 atom stereocenters. The lowest BCUT2D eigenvalue weighted by Gasteiger charge is -2.17. The van der Waals surface area contributed by atoms with Crippen molar-refractivity contribution < 1.29 is 9.53 Å². The third kappa shape index (κ3) is 3.82. The first-order chi connectivity index (χ1) is 9.72. The predicted molar refractivity (Wildman–Crippen MR) is 82.2 cm³/mol. The molecule has 106 valence electrons. The second-order valence-corrected chi connectivity index (χ2v) is 5.50. The van der Waals surface area contributed by atoms with Crippen LogP contribution in [0.1, 0.15) is 17.2 Å². The SMILES string of the molecule is COC(=O)C(NCCc1ccsc1)c1ccccc1Cl. The van der Waals surface area contributed by atoms with Gasteiger partial charge >= 0.3 is 5.97 Å². The highest BCUT2D eigenvalue weighted by atomic mass is 35.5. The molecule has 0 spiro atoms. The number of nitrogens with one attached hydrogen (secondary N) is 1. The van der Waals surface area contributed by atoms with Crippen LogP contribution in [0.5, 0.6) is 0 Å². The largest absolute Gasteiger partial charge is 0.468 e. The predicted octanol–water partition coefficient (Wildman–Crippen LogP) is 3.45. The van der Waals surface area contributed by atoms with Crippen LogP contribution in [0.3, 0.4) is 0 Å². The van der Waals surface area contributed by atoms with Gasteiger partial charge in [-0.2, -0.15) is 11.3 Å². The van der Waals surface area contributed by atoms with E-state index in [2.05, 4.69) is 16.8 Å². The Labute approximate surface area is 127 Å². The Morgan fingerprint density at radius 1 is 1.40 bits per heavy atom. The fourth-order valence-corrected chi connectivity index (χ4v) is 2.89. The maximum atomic E-state index is 11.9. The zero-order valence-electron chi connectivity index (χ0n) is 11.1. The smallest absolute Gasteiger partial charge is 0.327 e. The lowest BCUT2D eigenvalue weighted by Crippen LogP contribution is -2.31. The van der Waals surface area contributed by atoms with Gasteiger partial charge < -0.3 is 10.1 Å². The zero-order chi connectivity index (χ0) is 14.4. The Hall–Kier alpha value is -1.36. The molecule has 0 aliphatic carbocycles. The van der Waals surface area contributed by atoms with E-state index < -0.39 is 6.04 Å². The molecule has 1 aromatic heterocycles. The number of rotatable bonds is 6. The topological polar surface area (TPSA) is 38.3 Å². The molecule has 20 heavy (non-hydrogen) atoms. The van der Waals surface area contributed by atoms with Crippen LogP contribution in [0.4, 0.5) is 0 Å². The van der Waals surface area contributed by atoms with Crippen molar-refractivity contribution in [2.24, 2.45) is 0 Å². The van der Waals surface area contributed by atoms with Crippen molar-refractivity contribution in [3.63, 3.8) is 0 Å². The number of hydrogen-bond donors (Lipinski definition) is 1. The van der Waals surface area contributed by atoms with Crippen molar-refractivity contribution in [1.29, 1.82) is 0 Å². The van der Waals surface area contributed by atoms with Crippen molar-refractivity contribution in [2.45, 2.75) is 12.5 Å². The van der Waals surface area contributed by atoms with Crippen molar-refractivity contribution in [2.75, 3.05) is 13.7 Å². The van der Waals surface area contributed by atoms with Crippen LogP contribution in [0.15, 0.2) is 41.1 Å². The summed E-state index contributed by atoms with van der Waals surface area (Å²) in [6, 6.07) is 8.85. The van der Waals surface area contributed by atoms with E-state index in [4.69, 9.17) is 16.3 Å². The quantitative estimate of drug-likeness (QED) is 0.831. The van der Waals surface area contributed by atoms with E-state index in [0.29, 0.717) is 11.6 Å². The summed E-state index contributed by atoms with van der Waals surface area (Å²) in [6.07, 6.45) is 0.863. The summed E-state index contributed by atoms with van der Waals surface area (Å²) < 4.78 is 4.85. The van der Waals surface area contributed by atoms with Gasteiger partial charge in [0.2, 0.25) is 0 Å². The lowest BCUT2D eigenvalue weighted by molar-refractivity contribution is -0.143. The zero-order valence-corrected chi connectivity index (χ0v) is 12.7. The van der Waals surface area contributed by atoms with Gasteiger partial charge in [0.25, 0.3) is 0 Å². The Morgan fingerprint density at radius 2 is 2.20 bits per heavy atom. The van der Waals surface area contributed by atoms with Gasteiger partial charge in [-0.3, -0.25) is 0 Å². The van der Waals surface area contributed by atoms with Gasteiger partial charge in [-0.15, -0.1) is 0 Å². The average Bonchev–Trinajstić information content (AvgIpc) is 2.97. The number of methoxy groups -OCH3 is 1. The van der Waals surface area contributed by atoms with Crippen molar-refractivity contribution in [3.8, 4) is 0 Å². The van der Waals surface area contributed by atoms with E-state index in [-0.39, 0.29) is 5.97 Å². The van der Waals surface area contributed by atoms with Crippen LogP contribution in [0, 0.1) is 0 Å². The van der Waals surface area contributed by atoms with Gasteiger partial charge in [-0.1, -0.05) is 29.8 Å². The Morgan fingerprint density at radius 3 is 2.85 bits per heavy atom. The molecule has 2 rings (SSSR count). The molecule has 0 fully saturated rings. The number of esters is 1. The Balaban J connectivity index is 2.04. The summed E-state index contributed by atoms with van der Waals surface area (Å²) in [4.78, 5) is 11.9. The van der Waals surface area contributed by atoms with Gasteiger partial charge in [0.15, 0.2) is 0 Å². The van der Waals surface area contributed by atoms with Gasteiger partial charge in [-0.05, 0) is 40.4 Å². The van der Waals surface area contributed by atoms with E-state index in [9.17, 15) is 4.79 Å². The van der Waals surface area contributed by atoms with Crippen LogP contribution in [-0.2, 0) is 16.0 Å². The maximum Gasteiger partial charge on any atom is 0.327 e. The number of carbonyl (C=O) groups is 1. The summed E-state index contributed by atoms with van der Waals surface area (Å²) in [5.74, 6) is -0.330. The van der Waals surface area contributed by atoms with E-state index in [1.165, 1.54) is 12.7 Å². The summed E-state index contributed by atoms with van der Waals surface area (Å²) in [5.41, 5.74) is 2.00. The molecule has 0 aliphatic heterocycles. The number of ether oxygens (including phenoxy) is 1. The third-order valence-corrected chi connectivity index (χ3v) is 4.07. The fourth-order valence-electron chi connectivity index (χ4n) is 1.94. The third-order valence-electron chi connectivity index (χ3n) is 3.00. The first-order valence-corrected chi connectivity index (χ1v) is 7.61. The molecule has 1 heterocycles. The molecule has 0 saturated carbocycles. The second kappa shape index (κ2) is 7.43. The van der Waals surface area contributed by atoms with Crippen LogP contribution in [-0.4, -0.2) is 19.6 Å². The molecular formula is C15H16ClNO2S.